The van der Waals surface area contributed by atoms with Gasteiger partial charge in [-0.2, -0.15) is 0 Å². The lowest BCUT2D eigenvalue weighted by Crippen LogP contribution is -2.37. The molecular formula is C16H22N4O. The van der Waals surface area contributed by atoms with E-state index in [0.717, 1.165) is 50.3 Å². The predicted molar refractivity (Wildman–Crippen MR) is 82.2 cm³/mol. The Morgan fingerprint density at radius 2 is 1.90 bits per heavy atom. The van der Waals surface area contributed by atoms with Crippen molar-refractivity contribution in [3.63, 3.8) is 0 Å². The molecule has 2 heterocycles. The highest BCUT2D eigenvalue weighted by Gasteiger charge is 2.27. The number of allylic oxidation sites excluding steroid dienone is 2. The first kappa shape index (κ1) is 14.0. The highest BCUT2D eigenvalue weighted by atomic mass is 16.2. The van der Waals surface area contributed by atoms with Gasteiger partial charge in [0.05, 0.1) is 5.69 Å². The van der Waals surface area contributed by atoms with E-state index < -0.39 is 0 Å². The number of aromatic nitrogens is 2. The molecule has 0 fully saturated rings. The Morgan fingerprint density at radius 1 is 1.19 bits per heavy atom. The third-order valence-electron chi connectivity index (χ3n) is 4.35. The number of rotatable bonds is 2. The summed E-state index contributed by atoms with van der Waals surface area (Å²) in [5, 5.41) is 0. The van der Waals surface area contributed by atoms with Crippen molar-refractivity contribution >= 4 is 11.7 Å². The van der Waals surface area contributed by atoms with Gasteiger partial charge in [-0.1, -0.05) is 12.2 Å². The Bertz CT molecular complexity index is 559. The van der Waals surface area contributed by atoms with Gasteiger partial charge in [0, 0.05) is 45.1 Å². The number of anilines is 1. The van der Waals surface area contributed by atoms with Crippen molar-refractivity contribution in [1.29, 1.82) is 0 Å². The van der Waals surface area contributed by atoms with Crippen LogP contribution in [-0.2, 0) is 17.6 Å². The van der Waals surface area contributed by atoms with E-state index in [0.29, 0.717) is 5.91 Å². The summed E-state index contributed by atoms with van der Waals surface area (Å²) in [7, 11) is 4.00. The molecule has 0 saturated heterocycles. The van der Waals surface area contributed by atoms with Gasteiger partial charge in [-0.05, 0) is 19.3 Å². The summed E-state index contributed by atoms with van der Waals surface area (Å²) < 4.78 is 0. The van der Waals surface area contributed by atoms with Crippen molar-refractivity contribution < 1.29 is 4.79 Å². The molecule has 0 saturated carbocycles. The zero-order chi connectivity index (χ0) is 14.8. The number of hydrogen-bond donors (Lipinski definition) is 0. The van der Waals surface area contributed by atoms with Crippen molar-refractivity contribution in [3.8, 4) is 0 Å². The molecule has 0 N–H and O–H groups in total. The molecular weight excluding hydrogens is 264 g/mol. The summed E-state index contributed by atoms with van der Waals surface area (Å²) in [5.41, 5.74) is 2.29. The molecule has 1 amide bonds. The van der Waals surface area contributed by atoms with E-state index in [1.54, 1.807) is 6.33 Å². The lowest BCUT2D eigenvalue weighted by molar-refractivity contribution is -0.135. The van der Waals surface area contributed by atoms with Gasteiger partial charge in [0.25, 0.3) is 0 Å². The van der Waals surface area contributed by atoms with Crippen molar-refractivity contribution in [2.24, 2.45) is 5.92 Å². The number of carbonyl (C=O) groups is 1. The van der Waals surface area contributed by atoms with Gasteiger partial charge in [0.2, 0.25) is 5.91 Å². The molecule has 0 radical (unpaired) electrons. The van der Waals surface area contributed by atoms with E-state index in [2.05, 4.69) is 22.1 Å². The Balaban J connectivity index is 1.76. The van der Waals surface area contributed by atoms with Crippen LogP contribution in [0.25, 0.3) is 0 Å². The fraction of sp³-hybridized carbons (Fsp3) is 0.562. The van der Waals surface area contributed by atoms with Gasteiger partial charge in [-0.25, -0.2) is 9.97 Å². The van der Waals surface area contributed by atoms with E-state index in [4.69, 9.17) is 0 Å². The number of amides is 1. The lowest BCUT2D eigenvalue weighted by Gasteiger charge is -2.23. The van der Waals surface area contributed by atoms with Gasteiger partial charge in [-0.3, -0.25) is 4.79 Å². The zero-order valence-electron chi connectivity index (χ0n) is 12.7. The SMILES string of the molecule is CN(C)c1ncnc2c1CCN(C(=O)C1CC=CC1)CC2. The normalized spacial score (nSPS) is 18.5. The molecule has 112 valence electrons. The number of nitrogens with zero attached hydrogens (tertiary/aromatic N) is 4. The highest BCUT2D eigenvalue weighted by Crippen LogP contribution is 2.25. The zero-order valence-corrected chi connectivity index (χ0v) is 12.7. The van der Waals surface area contributed by atoms with Gasteiger partial charge in [-0.15, -0.1) is 0 Å². The predicted octanol–water partition coefficient (Wildman–Crippen LogP) is 1.44. The van der Waals surface area contributed by atoms with Crippen molar-refractivity contribution in [1.82, 2.24) is 14.9 Å². The van der Waals surface area contributed by atoms with E-state index in [-0.39, 0.29) is 5.92 Å². The van der Waals surface area contributed by atoms with E-state index in [9.17, 15) is 4.79 Å². The summed E-state index contributed by atoms with van der Waals surface area (Å²) >= 11 is 0. The van der Waals surface area contributed by atoms with Crippen molar-refractivity contribution in [2.75, 3.05) is 32.1 Å². The molecule has 0 atom stereocenters. The van der Waals surface area contributed by atoms with Crippen LogP contribution in [0.15, 0.2) is 18.5 Å². The third kappa shape index (κ3) is 2.77. The first-order valence-electron chi connectivity index (χ1n) is 7.60. The Hall–Kier alpha value is -1.91. The molecule has 1 aliphatic carbocycles. The number of hydrogen-bond acceptors (Lipinski definition) is 4. The van der Waals surface area contributed by atoms with Gasteiger partial charge in [0.15, 0.2) is 0 Å². The molecule has 0 unspecified atom stereocenters. The average molecular weight is 286 g/mol. The molecule has 0 aromatic carbocycles. The molecule has 1 aromatic rings. The summed E-state index contributed by atoms with van der Waals surface area (Å²) in [6.45, 7) is 1.54. The fourth-order valence-electron chi connectivity index (χ4n) is 3.19. The number of carbonyl (C=O) groups excluding carboxylic acids is 1. The quantitative estimate of drug-likeness (QED) is 0.772. The third-order valence-corrected chi connectivity index (χ3v) is 4.35. The molecule has 0 bridgehead atoms. The van der Waals surface area contributed by atoms with E-state index in [1.165, 1.54) is 5.56 Å². The van der Waals surface area contributed by atoms with Crippen LogP contribution >= 0.6 is 0 Å². The van der Waals surface area contributed by atoms with Gasteiger partial charge < -0.3 is 9.80 Å². The topological polar surface area (TPSA) is 49.3 Å². The number of fused-ring (bicyclic) bond motifs is 1. The Labute approximate surface area is 125 Å². The molecule has 0 spiro atoms. The second-order valence-electron chi connectivity index (χ2n) is 5.98. The maximum Gasteiger partial charge on any atom is 0.226 e. The second-order valence-corrected chi connectivity index (χ2v) is 5.98. The monoisotopic (exact) mass is 286 g/mol. The van der Waals surface area contributed by atoms with Crippen LogP contribution in [0.1, 0.15) is 24.1 Å². The largest absolute Gasteiger partial charge is 0.362 e. The summed E-state index contributed by atoms with van der Waals surface area (Å²) in [6, 6.07) is 0. The smallest absolute Gasteiger partial charge is 0.226 e. The lowest BCUT2D eigenvalue weighted by atomic mass is 10.1. The summed E-state index contributed by atoms with van der Waals surface area (Å²) in [4.78, 5) is 25.4. The maximum atomic E-state index is 12.6. The van der Waals surface area contributed by atoms with Crippen LogP contribution < -0.4 is 4.90 Å². The molecule has 5 nitrogen and oxygen atoms in total. The van der Waals surface area contributed by atoms with Crippen molar-refractivity contribution in [3.05, 3.63) is 29.7 Å². The molecule has 21 heavy (non-hydrogen) atoms. The highest BCUT2D eigenvalue weighted by molar-refractivity contribution is 5.79. The van der Waals surface area contributed by atoms with E-state index >= 15 is 0 Å². The minimum Gasteiger partial charge on any atom is -0.362 e. The second kappa shape index (κ2) is 5.84. The Morgan fingerprint density at radius 3 is 2.62 bits per heavy atom. The standard InChI is InChI=1S/C16H22N4O/c1-19(2)15-13-7-9-20(10-8-14(13)17-11-18-15)16(21)12-5-3-4-6-12/h3-4,11-12H,5-10H2,1-2H3. The molecule has 2 aliphatic rings. The summed E-state index contributed by atoms with van der Waals surface area (Å²) in [6.07, 6.45) is 9.32. The minimum atomic E-state index is 0.158. The Kier molecular flexibility index (Phi) is 3.90. The van der Waals surface area contributed by atoms with Crippen LogP contribution in [0.2, 0.25) is 0 Å². The van der Waals surface area contributed by atoms with Crippen molar-refractivity contribution in [2.45, 2.75) is 25.7 Å². The van der Waals surface area contributed by atoms with Gasteiger partial charge >= 0.3 is 0 Å². The fourth-order valence-corrected chi connectivity index (χ4v) is 3.19. The molecule has 5 heteroatoms. The van der Waals surface area contributed by atoms with Crippen LogP contribution in [0, 0.1) is 5.92 Å². The summed E-state index contributed by atoms with van der Waals surface area (Å²) in [5.74, 6) is 1.44. The minimum absolute atomic E-state index is 0.158. The van der Waals surface area contributed by atoms with Crippen LogP contribution in [0.4, 0.5) is 5.82 Å². The first-order valence-corrected chi connectivity index (χ1v) is 7.60. The average Bonchev–Trinajstić information content (AvgIpc) is 2.92. The van der Waals surface area contributed by atoms with Gasteiger partial charge in [0.1, 0.15) is 12.1 Å². The maximum absolute atomic E-state index is 12.6. The van der Waals surface area contributed by atoms with Crippen LogP contribution in [0.3, 0.4) is 0 Å². The van der Waals surface area contributed by atoms with E-state index in [1.807, 2.05) is 23.9 Å². The molecule has 1 aliphatic heterocycles. The van der Waals surface area contributed by atoms with Crippen LogP contribution in [0.5, 0.6) is 0 Å². The van der Waals surface area contributed by atoms with Crippen LogP contribution in [-0.4, -0.2) is 48.0 Å². The molecule has 3 rings (SSSR count). The molecule has 1 aromatic heterocycles. The first-order chi connectivity index (χ1) is 10.2.